The number of non-ortho nitro benzene ring substituents is 1. The maximum atomic E-state index is 12.4. The number of sulfonamides is 1. The monoisotopic (exact) mass is 283 g/mol. The van der Waals surface area contributed by atoms with Crippen LogP contribution in [-0.4, -0.2) is 42.8 Å². The van der Waals surface area contributed by atoms with Gasteiger partial charge in [-0.05, 0) is 18.6 Å². The summed E-state index contributed by atoms with van der Waals surface area (Å²) < 4.78 is 26.4. The van der Waals surface area contributed by atoms with E-state index in [1.54, 1.807) is 0 Å². The minimum absolute atomic E-state index is 0.109. The van der Waals surface area contributed by atoms with E-state index in [0.717, 1.165) is 6.42 Å². The van der Waals surface area contributed by atoms with Crippen LogP contribution in [0.2, 0.25) is 0 Å². The van der Waals surface area contributed by atoms with Gasteiger partial charge in [0.2, 0.25) is 10.0 Å². The standard InChI is InChI=1S/C11H13N3O4S/c15-14(16)9-1-3-10(4-2-9)19(17,18)13-6-5-11(13)7-12-8-11/h1-4,12H,5-8H2. The molecule has 7 nitrogen and oxygen atoms in total. The second-order valence-electron chi connectivity index (χ2n) is 4.91. The Morgan fingerprint density at radius 3 is 2.26 bits per heavy atom. The lowest BCUT2D eigenvalue weighted by Crippen LogP contribution is -2.76. The average Bonchev–Trinajstić information content (AvgIpc) is 2.25. The Bertz CT molecular complexity index is 616. The van der Waals surface area contributed by atoms with Gasteiger partial charge in [-0.2, -0.15) is 4.31 Å². The van der Waals surface area contributed by atoms with Gasteiger partial charge in [-0.25, -0.2) is 8.42 Å². The maximum absolute atomic E-state index is 12.4. The summed E-state index contributed by atoms with van der Waals surface area (Å²) in [4.78, 5) is 10.1. The summed E-state index contributed by atoms with van der Waals surface area (Å²) in [6.45, 7) is 1.87. The molecule has 0 aromatic heterocycles. The second-order valence-corrected chi connectivity index (χ2v) is 6.77. The fourth-order valence-electron chi connectivity index (χ4n) is 2.53. The molecular weight excluding hydrogens is 270 g/mol. The van der Waals surface area contributed by atoms with E-state index in [2.05, 4.69) is 5.32 Å². The molecule has 0 radical (unpaired) electrons. The normalized spacial score (nSPS) is 21.7. The van der Waals surface area contributed by atoms with E-state index in [-0.39, 0.29) is 16.1 Å². The summed E-state index contributed by atoms with van der Waals surface area (Å²) in [5, 5.41) is 13.6. The van der Waals surface area contributed by atoms with Gasteiger partial charge in [-0.3, -0.25) is 10.1 Å². The molecule has 2 fully saturated rings. The molecule has 0 unspecified atom stereocenters. The van der Waals surface area contributed by atoms with E-state index in [1.165, 1.54) is 28.6 Å². The van der Waals surface area contributed by atoms with Crippen molar-refractivity contribution >= 4 is 15.7 Å². The summed E-state index contributed by atoms with van der Waals surface area (Å²) in [7, 11) is -3.54. The fourth-order valence-corrected chi connectivity index (χ4v) is 4.32. The number of nitro groups is 1. The van der Waals surface area contributed by atoms with Crippen LogP contribution in [0, 0.1) is 10.1 Å². The summed E-state index contributed by atoms with van der Waals surface area (Å²) >= 11 is 0. The van der Waals surface area contributed by atoms with Crippen LogP contribution in [0.1, 0.15) is 6.42 Å². The highest BCUT2D eigenvalue weighted by Gasteiger charge is 2.54. The van der Waals surface area contributed by atoms with Gasteiger partial charge in [0, 0.05) is 31.8 Å². The first kappa shape index (κ1) is 12.5. The van der Waals surface area contributed by atoms with Crippen molar-refractivity contribution < 1.29 is 13.3 Å². The first-order valence-corrected chi connectivity index (χ1v) is 7.38. The zero-order chi connectivity index (χ0) is 13.7. The van der Waals surface area contributed by atoms with E-state index < -0.39 is 14.9 Å². The van der Waals surface area contributed by atoms with Gasteiger partial charge in [0.05, 0.1) is 15.4 Å². The molecule has 2 saturated heterocycles. The lowest BCUT2D eigenvalue weighted by molar-refractivity contribution is -0.384. The summed E-state index contributed by atoms with van der Waals surface area (Å²) in [6, 6.07) is 5.04. The number of hydrogen-bond acceptors (Lipinski definition) is 5. The largest absolute Gasteiger partial charge is 0.313 e. The third kappa shape index (κ3) is 1.75. The minimum atomic E-state index is -3.54. The predicted octanol–water partition coefficient (Wildman–Crippen LogP) is 0.331. The first-order valence-electron chi connectivity index (χ1n) is 5.94. The lowest BCUT2D eigenvalue weighted by Gasteiger charge is -2.57. The van der Waals surface area contributed by atoms with Crippen LogP contribution >= 0.6 is 0 Å². The van der Waals surface area contributed by atoms with Crippen molar-refractivity contribution in [3.05, 3.63) is 34.4 Å². The highest BCUT2D eigenvalue weighted by Crippen LogP contribution is 2.39. The Labute approximate surface area is 110 Å². The van der Waals surface area contributed by atoms with Crippen LogP contribution in [0.4, 0.5) is 5.69 Å². The van der Waals surface area contributed by atoms with Gasteiger partial charge in [0.25, 0.3) is 5.69 Å². The van der Waals surface area contributed by atoms with Gasteiger partial charge in [0.1, 0.15) is 0 Å². The van der Waals surface area contributed by atoms with Crippen LogP contribution in [0.25, 0.3) is 0 Å². The molecular formula is C11H13N3O4S. The predicted molar refractivity (Wildman–Crippen MR) is 67.2 cm³/mol. The molecule has 0 aliphatic carbocycles. The molecule has 3 rings (SSSR count). The SMILES string of the molecule is O=[N+]([O-])c1ccc(S(=O)(=O)N2CCC23CNC3)cc1. The lowest BCUT2D eigenvalue weighted by atomic mass is 9.82. The van der Waals surface area contributed by atoms with Crippen molar-refractivity contribution in [3.63, 3.8) is 0 Å². The Morgan fingerprint density at radius 2 is 1.89 bits per heavy atom. The number of nitrogens with one attached hydrogen (secondary N) is 1. The van der Waals surface area contributed by atoms with Crippen molar-refractivity contribution in [3.8, 4) is 0 Å². The Balaban J connectivity index is 1.90. The van der Waals surface area contributed by atoms with Gasteiger partial charge < -0.3 is 5.32 Å². The molecule has 8 heteroatoms. The van der Waals surface area contributed by atoms with Crippen LogP contribution in [-0.2, 0) is 10.0 Å². The van der Waals surface area contributed by atoms with Crippen molar-refractivity contribution in [2.75, 3.05) is 19.6 Å². The third-order valence-electron chi connectivity index (χ3n) is 3.85. The molecule has 1 N–H and O–H groups in total. The fraction of sp³-hybridized carbons (Fsp3) is 0.455. The molecule has 0 amide bonds. The smallest absolute Gasteiger partial charge is 0.269 e. The Morgan fingerprint density at radius 1 is 1.26 bits per heavy atom. The van der Waals surface area contributed by atoms with E-state index in [0.29, 0.717) is 19.6 Å². The number of hydrogen-bond donors (Lipinski definition) is 1. The summed E-state index contributed by atoms with van der Waals surface area (Å²) in [5.74, 6) is 0. The molecule has 2 aliphatic heterocycles. The van der Waals surface area contributed by atoms with Crippen LogP contribution in [0.15, 0.2) is 29.2 Å². The summed E-state index contributed by atoms with van der Waals surface area (Å²) in [5.41, 5.74) is -0.372. The van der Waals surface area contributed by atoms with E-state index in [9.17, 15) is 18.5 Å². The zero-order valence-corrected chi connectivity index (χ0v) is 10.9. The zero-order valence-electron chi connectivity index (χ0n) is 10.1. The van der Waals surface area contributed by atoms with Crippen molar-refractivity contribution in [2.24, 2.45) is 0 Å². The highest BCUT2D eigenvalue weighted by molar-refractivity contribution is 7.89. The number of nitro benzene ring substituents is 1. The van der Waals surface area contributed by atoms with Crippen molar-refractivity contribution in [1.29, 1.82) is 0 Å². The Kier molecular flexibility index (Phi) is 2.63. The Hall–Kier alpha value is -1.51. The molecule has 0 bridgehead atoms. The van der Waals surface area contributed by atoms with E-state index >= 15 is 0 Å². The molecule has 0 atom stereocenters. The minimum Gasteiger partial charge on any atom is -0.313 e. The second kappa shape index (κ2) is 3.99. The topological polar surface area (TPSA) is 92.5 Å². The van der Waals surface area contributed by atoms with Crippen molar-refractivity contribution in [2.45, 2.75) is 16.9 Å². The van der Waals surface area contributed by atoms with Gasteiger partial charge >= 0.3 is 0 Å². The van der Waals surface area contributed by atoms with E-state index in [4.69, 9.17) is 0 Å². The van der Waals surface area contributed by atoms with Gasteiger partial charge in [-0.15, -0.1) is 0 Å². The van der Waals surface area contributed by atoms with Gasteiger partial charge in [-0.1, -0.05) is 0 Å². The molecule has 1 aromatic carbocycles. The van der Waals surface area contributed by atoms with Gasteiger partial charge in [0.15, 0.2) is 0 Å². The highest BCUT2D eigenvalue weighted by atomic mass is 32.2. The molecule has 2 heterocycles. The molecule has 102 valence electrons. The van der Waals surface area contributed by atoms with Crippen molar-refractivity contribution in [1.82, 2.24) is 9.62 Å². The molecule has 1 aromatic rings. The average molecular weight is 283 g/mol. The summed E-state index contributed by atoms with van der Waals surface area (Å²) in [6.07, 6.45) is 0.867. The van der Waals surface area contributed by atoms with Crippen LogP contribution < -0.4 is 5.32 Å². The maximum Gasteiger partial charge on any atom is 0.269 e. The number of rotatable bonds is 3. The number of nitrogens with zero attached hydrogens (tertiary/aromatic N) is 2. The molecule has 19 heavy (non-hydrogen) atoms. The number of benzene rings is 1. The molecule has 1 spiro atoms. The molecule has 2 aliphatic rings. The van der Waals surface area contributed by atoms with E-state index in [1.807, 2.05) is 0 Å². The molecule has 0 saturated carbocycles. The first-order chi connectivity index (χ1) is 8.96. The van der Waals surface area contributed by atoms with Crippen LogP contribution in [0.3, 0.4) is 0 Å². The quantitative estimate of drug-likeness (QED) is 0.637. The third-order valence-corrected chi connectivity index (χ3v) is 5.87. The van der Waals surface area contributed by atoms with Crippen LogP contribution in [0.5, 0.6) is 0 Å².